The van der Waals surface area contributed by atoms with Gasteiger partial charge in [-0.25, -0.2) is 21.6 Å². The zero-order chi connectivity index (χ0) is 26.4. The molecular weight excluding hydrogens is 524 g/mol. The van der Waals surface area contributed by atoms with Crippen LogP contribution in [0.25, 0.3) is 0 Å². The Balaban J connectivity index is 2.09. The van der Waals surface area contributed by atoms with Gasteiger partial charge >= 0.3 is 6.18 Å². The van der Waals surface area contributed by atoms with Crippen molar-refractivity contribution in [3.05, 3.63) is 63.9 Å². The molecule has 1 aliphatic carbocycles. The Labute approximate surface area is 202 Å². The molecule has 2 aromatic carbocycles. The molecule has 0 spiro atoms. The van der Waals surface area contributed by atoms with Crippen LogP contribution in [0.3, 0.4) is 0 Å². The largest absolute Gasteiger partial charge is 0.416 e. The van der Waals surface area contributed by atoms with Crippen LogP contribution >= 0.6 is 11.6 Å². The third kappa shape index (κ3) is 5.92. The van der Waals surface area contributed by atoms with E-state index in [2.05, 4.69) is 5.32 Å². The molecule has 35 heavy (non-hydrogen) atoms. The molecule has 1 amide bonds. The van der Waals surface area contributed by atoms with E-state index in [1.807, 2.05) is 0 Å². The number of hydrogen-bond acceptors (Lipinski definition) is 4. The Morgan fingerprint density at radius 3 is 2.26 bits per heavy atom. The van der Waals surface area contributed by atoms with E-state index in [1.54, 1.807) is 0 Å². The molecule has 192 valence electrons. The monoisotopic (exact) mass is 543 g/mol. The van der Waals surface area contributed by atoms with E-state index in [4.69, 9.17) is 11.6 Å². The second-order valence-corrected chi connectivity index (χ2v) is 10.9. The van der Waals surface area contributed by atoms with Crippen LogP contribution in [0.15, 0.2) is 41.3 Å². The van der Waals surface area contributed by atoms with Gasteiger partial charge in [0.2, 0.25) is 5.92 Å². The Morgan fingerprint density at radius 2 is 1.71 bits per heavy atom. The quantitative estimate of drug-likeness (QED) is 0.501. The maximum atomic E-state index is 14.2. The Hall–Kier alpha value is -2.31. The van der Waals surface area contributed by atoms with E-state index < -0.39 is 92.0 Å². The predicted molar refractivity (Wildman–Crippen MR) is 115 cm³/mol. The van der Waals surface area contributed by atoms with Crippen molar-refractivity contribution >= 4 is 27.3 Å². The lowest BCUT2D eigenvalue weighted by atomic mass is 9.75. The zero-order valence-electron chi connectivity index (χ0n) is 18.1. The smallest absolute Gasteiger partial charge is 0.387 e. The highest BCUT2D eigenvalue weighted by Gasteiger charge is 2.48. The number of carbonyl (C=O) groups excluding carboxylic acids is 1. The Kier molecular flexibility index (Phi) is 7.24. The van der Waals surface area contributed by atoms with Crippen LogP contribution in [0, 0.1) is 5.82 Å². The minimum atomic E-state index is -4.89. The fourth-order valence-corrected chi connectivity index (χ4v) is 5.12. The zero-order valence-corrected chi connectivity index (χ0v) is 19.7. The normalized spacial score (nSPS) is 18.7. The SMILES string of the molecule is CS(=O)(=O)c1cc(C(F)(F)F)ccc1C(=O)NC(c1cccc(F)c1Cl)C1(O)CCC(F)(F)CC1. The lowest BCUT2D eigenvalue weighted by Crippen LogP contribution is -2.50. The van der Waals surface area contributed by atoms with Gasteiger partial charge in [0.15, 0.2) is 9.84 Å². The summed E-state index contributed by atoms with van der Waals surface area (Å²) in [6, 6.07) is 3.30. The maximum Gasteiger partial charge on any atom is 0.416 e. The van der Waals surface area contributed by atoms with Gasteiger partial charge in [0.25, 0.3) is 5.91 Å². The maximum absolute atomic E-state index is 14.2. The summed E-state index contributed by atoms with van der Waals surface area (Å²) in [6.45, 7) is 0. The van der Waals surface area contributed by atoms with Gasteiger partial charge in [-0.2, -0.15) is 13.2 Å². The Bertz CT molecular complexity index is 1240. The minimum Gasteiger partial charge on any atom is -0.387 e. The third-order valence-electron chi connectivity index (χ3n) is 5.91. The molecule has 0 heterocycles. The summed E-state index contributed by atoms with van der Waals surface area (Å²) < 4.78 is 105. The molecule has 3 rings (SSSR count). The van der Waals surface area contributed by atoms with Crippen molar-refractivity contribution in [2.75, 3.05) is 6.26 Å². The first kappa shape index (κ1) is 27.3. The average Bonchev–Trinajstić information content (AvgIpc) is 2.75. The molecule has 0 aliphatic heterocycles. The molecule has 1 saturated carbocycles. The number of hydrogen-bond donors (Lipinski definition) is 2. The summed E-state index contributed by atoms with van der Waals surface area (Å²) in [7, 11) is -4.34. The standard InChI is InChI=1S/C22H20ClF6NO4S/c1-35(33,34)16-11-12(22(27,28)29)5-6-13(16)19(31)30-18(14-3-2-4-15(24)17(14)23)20(32)7-9-21(25,26)10-8-20/h2-6,11,18,32H,7-10H2,1H3,(H,30,31). The van der Waals surface area contributed by atoms with Crippen LogP contribution in [0.1, 0.15) is 53.2 Å². The summed E-state index contributed by atoms with van der Waals surface area (Å²) >= 11 is 6.02. The average molecular weight is 544 g/mol. The number of aliphatic hydroxyl groups is 1. The van der Waals surface area contributed by atoms with Crippen molar-refractivity contribution in [2.45, 2.75) is 54.3 Å². The van der Waals surface area contributed by atoms with Crippen LogP contribution in [-0.2, 0) is 16.0 Å². The summed E-state index contributed by atoms with van der Waals surface area (Å²) in [5.74, 6) is -5.24. The highest BCUT2D eigenvalue weighted by Crippen LogP contribution is 2.46. The first-order valence-electron chi connectivity index (χ1n) is 10.2. The number of nitrogens with one attached hydrogen (secondary N) is 1. The molecule has 2 aromatic rings. The van der Waals surface area contributed by atoms with Gasteiger partial charge in [-0.1, -0.05) is 23.7 Å². The highest BCUT2D eigenvalue weighted by molar-refractivity contribution is 7.90. The number of carbonyl (C=O) groups is 1. The summed E-state index contributed by atoms with van der Waals surface area (Å²) in [5, 5.41) is 13.0. The lowest BCUT2D eigenvalue weighted by Gasteiger charge is -2.42. The Morgan fingerprint density at radius 1 is 1.11 bits per heavy atom. The number of halogens is 7. The van der Waals surface area contributed by atoms with E-state index in [1.165, 1.54) is 12.1 Å². The number of amides is 1. The van der Waals surface area contributed by atoms with Gasteiger partial charge in [0, 0.05) is 19.1 Å². The molecule has 13 heteroatoms. The van der Waals surface area contributed by atoms with Crippen molar-refractivity contribution < 1.29 is 44.7 Å². The summed E-state index contributed by atoms with van der Waals surface area (Å²) in [5.41, 5.74) is -4.19. The van der Waals surface area contributed by atoms with E-state index >= 15 is 0 Å². The second kappa shape index (κ2) is 9.29. The van der Waals surface area contributed by atoms with E-state index in [9.17, 15) is 44.7 Å². The van der Waals surface area contributed by atoms with E-state index in [0.717, 1.165) is 6.07 Å². The molecule has 1 unspecified atom stereocenters. The van der Waals surface area contributed by atoms with Gasteiger partial charge in [-0.05, 0) is 42.7 Å². The number of alkyl halides is 5. The van der Waals surface area contributed by atoms with Crippen LogP contribution in [0.5, 0.6) is 0 Å². The fourth-order valence-electron chi connectivity index (χ4n) is 3.98. The first-order valence-corrected chi connectivity index (χ1v) is 12.5. The lowest BCUT2D eigenvalue weighted by molar-refractivity contribution is -0.137. The molecule has 1 atom stereocenters. The van der Waals surface area contributed by atoms with E-state index in [0.29, 0.717) is 24.5 Å². The summed E-state index contributed by atoms with van der Waals surface area (Å²) in [6.07, 6.45) is -6.84. The second-order valence-electron chi connectivity index (χ2n) is 8.49. The third-order valence-corrected chi connectivity index (χ3v) is 7.44. The predicted octanol–water partition coefficient (Wildman–Crippen LogP) is 5.31. The molecular formula is C22H20ClF6NO4S. The van der Waals surface area contributed by atoms with Gasteiger partial charge in [0.05, 0.1) is 32.7 Å². The van der Waals surface area contributed by atoms with E-state index in [-0.39, 0.29) is 5.56 Å². The van der Waals surface area contributed by atoms with Crippen LogP contribution in [0.2, 0.25) is 5.02 Å². The number of sulfone groups is 1. The number of rotatable bonds is 5. The molecule has 0 saturated heterocycles. The van der Waals surface area contributed by atoms with Crippen LogP contribution in [0.4, 0.5) is 26.3 Å². The van der Waals surface area contributed by atoms with Crippen LogP contribution < -0.4 is 5.32 Å². The molecule has 0 radical (unpaired) electrons. The van der Waals surface area contributed by atoms with Gasteiger partial charge < -0.3 is 10.4 Å². The van der Waals surface area contributed by atoms with Crippen LogP contribution in [-0.4, -0.2) is 37.2 Å². The summed E-state index contributed by atoms with van der Waals surface area (Å²) in [4.78, 5) is 12.2. The van der Waals surface area contributed by atoms with Crippen molar-refractivity contribution in [2.24, 2.45) is 0 Å². The van der Waals surface area contributed by atoms with Crippen molar-refractivity contribution in [1.82, 2.24) is 5.32 Å². The van der Waals surface area contributed by atoms with Crippen molar-refractivity contribution in [3.63, 3.8) is 0 Å². The molecule has 2 N–H and O–H groups in total. The number of benzene rings is 2. The van der Waals surface area contributed by atoms with Crippen molar-refractivity contribution in [1.29, 1.82) is 0 Å². The molecule has 0 bridgehead atoms. The highest BCUT2D eigenvalue weighted by atomic mass is 35.5. The van der Waals surface area contributed by atoms with Gasteiger partial charge in [-0.15, -0.1) is 0 Å². The molecule has 5 nitrogen and oxygen atoms in total. The minimum absolute atomic E-state index is 0.166. The topological polar surface area (TPSA) is 83.5 Å². The van der Waals surface area contributed by atoms with Crippen molar-refractivity contribution in [3.8, 4) is 0 Å². The van der Waals surface area contributed by atoms with Gasteiger partial charge in [-0.3, -0.25) is 4.79 Å². The molecule has 1 aliphatic rings. The fraction of sp³-hybridized carbons (Fsp3) is 0.409. The van der Waals surface area contributed by atoms with Gasteiger partial charge in [0.1, 0.15) is 5.82 Å². The first-order chi connectivity index (χ1) is 15.9. The molecule has 1 fully saturated rings. The molecule has 0 aromatic heterocycles.